The largest absolute Gasteiger partial charge is 0.343 e. The van der Waals surface area contributed by atoms with Gasteiger partial charge in [0.25, 0.3) is 0 Å². The number of H-pyrrole nitrogens is 1. The van der Waals surface area contributed by atoms with Crippen molar-refractivity contribution in [1.82, 2.24) is 15.0 Å². The number of imidazole rings is 1. The molecule has 5 heteroatoms. The molecular formula is C14H8FN3S. The highest BCUT2D eigenvalue weighted by Gasteiger charge is 2.11. The minimum Gasteiger partial charge on any atom is -0.343 e. The summed E-state index contributed by atoms with van der Waals surface area (Å²) < 4.78 is 14.1. The van der Waals surface area contributed by atoms with E-state index in [1.54, 1.807) is 23.9 Å². The molecule has 1 aromatic carbocycles. The fraction of sp³-hybridized carbons (Fsp3) is 0. The van der Waals surface area contributed by atoms with Gasteiger partial charge in [-0.25, -0.2) is 9.37 Å². The van der Waals surface area contributed by atoms with Crippen LogP contribution in [0.15, 0.2) is 41.5 Å². The van der Waals surface area contributed by atoms with Crippen molar-refractivity contribution in [3.63, 3.8) is 0 Å². The summed E-state index contributed by atoms with van der Waals surface area (Å²) in [5, 5.41) is 4.73. The number of rotatable bonds is 1. The van der Waals surface area contributed by atoms with E-state index in [9.17, 15) is 4.39 Å². The maximum Gasteiger partial charge on any atom is 0.133 e. The van der Waals surface area contributed by atoms with Gasteiger partial charge in [0.05, 0.1) is 29.1 Å². The number of nitrogens with one attached hydrogen (secondary N) is 1. The van der Waals surface area contributed by atoms with E-state index in [0.29, 0.717) is 11.1 Å². The molecule has 1 N–H and O–H groups in total. The van der Waals surface area contributed by atoms with Crippen molar-refractivity contribution >= 4 is 33.3 Å². The van der Waals surface area contributed by atoms with Gasteiger partial charge in [-0.15, -0.1) is 0 Å². The first-order valence-electron chi connectivity index (χ1n) is 5.77. The Balaban J connectivity index is 2.13. The van der Waals surface area contributed by atoms with Gasteiger partial charge in [0.2, 0.25) is 0 Å². The van der Waals surface area contributed by atoms with Crippen LogP contribution in [0.3, 0.4) is 0 Å². The van der Waals surface area contributed by atoms with E-state index in [-0.39, 0.29) is 5.82 Å². The molecule has 0 aliphatic rings. The number of fused-ring (bicyclic) bond motifs is 3. The van der Waals surface area contributed by atoms with E-state index in [1.807, 2.05) is 22.9 Å². The van der Waals surface area contributed by atoms with E-state index in [4.69, 9.17) is 0 Å². The lowest BCUT2D eigenvalue weighted by molar-refractivity contribution is 0.633. The third-order valence-corrected chi connectivity index (χ3v) is 3.86. The molecule has 0 fully saturated rings. The molecule has 0 saturated heterocycles. The molecule has 4 rings (SSSR count). The number of hydrogen-bond donors (Lipinski definition) is 1. The minimum absolute atomic E-state index is 0.256. The number of benzene rings is 1. The highest BCUT2D eigenvalue weighted by atomic mass is 32.1. The highest BCUT2D eigenvalue weighted by Crippen LogP contribution is 2.30. The van der Waals surface area contributed by atoms with Gasteiger partial charge in [0.1, 0.15) is 5.82 Å². The van der Waals surface area contributed by atoms with Gasteiger partial charge < -0.3 is 4.98 Å². The molecule has 3 heterocycles. The Morgan fingerprint density at radius 1 is 1.21 bits per heavy atom. The van der Waals surface area contributed by atoms with Gasteiger partial charge >= 0.3 is 0 Å². The lowest BCUT2D eigenvalue weighted by atomic mass is 10.0. The second kappa shape index (κ2) is 3.86. The standard InChI is InChI=1S/C14H8FN3S/c15-11-4-12-10(3-9(11)8-1-2-19-6-8)14-13(5-16-12)17-7-18-14/h1-7H,(H,17,18). The average molecular weight is 269 g/mol. The fourth-order valence-electron chi connectivity index (χ4n) is 2.25. The molecule has 0 radical (unpaired) electrons. The summed E-state index contributed by atoms with van der Waals surface area (Å²) >= 11 is 1.55. The van der Waals surface area contributed by atoms with Gasteiger partial charge in [-0.3, -0.25) is 4.98 Å². The molecule has 0 aliphatic heterocycles. The SMILES string of the molecule is Fc1cc2ncc3[nH]cnc3c2cc1-c1ccsc1. The molecule has 0 aliphatic carbocycles. The molecule has 92 valence electrons. The normalized spacial score (nSPS) is 11.4. The third-order valence-electron chi connectivity index (χ3n) is 3.17. The molecule has 0 amide bonds. The van der Waals surface area contributed by atoms with Crippen LogP contribution in [0.2, 0.25) is 0 Å². The molecule has 0 saturated carbocycles. The van der Waals surface area contributed by atoms with E-state index in [2.05, 4.69) is 15.0 Å². The molecule has 0 unspecified atom stereocenters. The zero-order valence-corrected chi connectivity index (χ0v) is 10.5. The number of nitrogens with zero attached hydrogens (tertiary/aromatic N) is 2. The second-order valence-corrected chi connectivity index (χ2v) is 5.06. The van der Waals surface area contributed by atoms with Crippen LogP contribution >= 0.6 is 11.3 Å². The minimum atomic E-state index is -0.256. The highest BCUT2D eigenvalue weighted by molar-refractivity contribution is 7.08. The van der Waals surface area contributed by atoms with Crippen LogP contribution in [-0.2, 0) is 0 Å². The molecule has 3 nitrogen and oxygen atoms in total. The van der Waals surface area contributed by atoms with Crippen molar-refractivity contribution in [2.24, 2.45) is 0 Å². The van der Waals surface area contributed by atoms with Gasteiger partial charge in [-0.2, -0.15) is 11.3 Å². The summed E-state index contributed by atoms with van der Waals surface area (Å²) in [7, 11) is 0. The first-order valence-corrected chi connectivity index (χ1v) is 6.71. The van der Waals surface area contributed by atoms with Crippen molar-refractivity contribution in [2.45, 2.75) is 0 Å². The topological polar surface area (TPSA) is 41.6 Å². The number of hydrogen-bond acceptors (Lipinski definition) is 3. The van der Waals surface area contributed by atoms with Gasteiger partial charge in [-0.05, 0) is 28.5 Å². The van der Waals surface area contributed by atoms with Crippen LogP contribution in [0.1, 0.15) is 0 Å². The van der Waals surface area contributed by atoms with Crippen LogP contribution in [0, 0.1) is 5.82 Å². The predicted molar refractivity (Wildman–Crippen MR) is 74.7 cm³/mol. The maximum absolute atomic E-state index is 14.1. The van der Waals surface area contributed by atoms with Crippen LogP contribution in [0.4, 0.5) is 4.39 Å². The lowest BCUT2D eigenvalue weighted by Gasteiger charge is -2.04. The van der Waals surface area contributed by atoms with Crippen molar-refractivity contribution < 1.29 is 4.39 Å². The van der Waals surface area contributed by atoms with Gasteiger partial charge in [-0.1, -0.05) is 0 Å². The Morgan fingerprint density at radius 3 is 3.00 bits per heavy atom. The number of aromatic amines is 1. The summed E-state index contributed by atoms with van der Waals surface area (Å²) in [5.74, 6) is -0.256. The number of aromatic nitrogens is 3. The molecule has 19 heavy (non-hydrogen) atoms. The summed E-state index contributed by atoms with van der Waals surface area (Å²) in [6, 6.07) is 5.20. The quantitative estimate of drug-likeness (QED) is 0.568. The van der Waals surface area contributed by atoms with E-state index < -0.39 is 0 Å². The zero-order chi connectivity index (χ0) is 12.8. The van der Waals surface area contributed by atoms with E-state index in [0.717, 1.165) is 22.0 Å². The monoisotopic (exact) mass is 269 g/mol. The van der Waals surface area contributed by atoms with Crippen LogP contribution in [0.5, 0.6) is 0 Å². The van der Waals surface area contributed by atoms with Crippen LogP contribution in [0.25, 0.3) is 33.1 Å². The first kappa shape index (κ1) is 10.6. The van der Waals surface area contributed by atoms with Crippen LogP contribution in [-0.4, -0.2) is 15.0 Å². The Labute approximate surface area is 111 Å². The first-order chi connectivity index (χ1) is 9.33. The number of pyridine rings is 1. The molecule has 4 aromatic rings. The second-order valence-electron chi connectivity index (χ2n) is 4.28. The Morgan fingerprint density at radius 2 is 2.16 bits per heavy atom. The van der Waals surface area contributed by atoms with Crippen LogP contribution < -0.4 is 0 Å². The molecule has 3 aromatic heterocycles. The summed E-state index contributed by atoms with van der Waals surface area (Å²) in [6.07, 6.45) is 3.30. The fourth-order valence-corrected chi connectivity index (χ4v) is 2.91. The predicted octanol–water partition coefficient (Wildman–Crippen LogP) is 3.98. The Kier molecular flexibility index (Phi) is 2.16. The Bertz CT molecular complexity index is 880. The molecule has 0 spiro atoms. The van der Waals surface area contributed by atoms with Crippen molar-refractivity contribution in [1.29, 1.82) is 0 Å². The smallest absolute Gasteiger partial charge is 0.133 e. The number of thiophene rings is 1. The van der Waals surface area contributed by atoms with Crippen molar-refractivity contribution in [3.05, 3.63) is 47.3 Å². The average Bonchev–Trinajstić information content (AvgIpc) is 3.08. The molecule has 0 atom stereocenters. The van der Waals surface area contributed by atoms with E-state index >= 15 is 0 Å². The maximum atomic E-state index is 14.1. The molecule has 0 bridgehead atoms. The zero-order valence-electron chi connectivity index (χ0n) is 9.72. The summed E-state index contributed by atoms with van der Waals surface area (Å²) in [4.78, 5) is 11.6. The van der Waals surface area contributed by atoms with Gasteiger partial charge in [0.15, 0.2) is 0 Å². The lowest BCUT2D eigenvalue weighted by Crippen LogP contribution is -1.87. The summed E-state index contributed by atoms with van der Waals surface area (Å²) in [5.41, 5.74) is 3.77. The molecular weight excluding hydrogens is 261 g/mol. The van der Waals surface area contributed by atoms with Crippen molar-refractivity contribution in [2.75, 3.05) is 0 Å². The number of halogens is 1. The van der Waals surface area contributed by atoms with Crippen molar-refractivity contribution in [3.8, 4) is 11.1 Å². The third kappa shape index (κ3) is 1.55. The van der Waals surface area contributed by atoms with E-state index in [1.165, 1.54) is 6.07 Å². The Hall–Kier alpha value is -2.27. The van der Waals surface area contributed by atoms with Gasteiger partial charge in [0, 0.05) is 17.0 Å². The summed E-state index contributed by atoms with van der Waals surface area (Å²) in [6.45, 7) is 0.